The highest BCUT2D eigenvalue weighted by Crippen LogP contribution is 2.34. The average molecular weight is 685 g/mol. The fraction of sp³-hybridized carbons (Fsp3) is 0.378. The Kier molecular flexibility index (Phi) is 9.54. The number of benzene rings is 3. The molecule has 5 aromatic rings. The van der Waals surface area contributed by atoms with Gasteiger partial charge in [-0.25, -0.2) is 8.78 Å². The molecule has 2 saturated heterocycles. The summed E-state index contributed by atoms with van der Waals surface area (Å²) >= 11 is 0. The van der Waals surface area contributed by atoms with E-state index < -0.39 is 17.2 Å². The number of aromatic amines is 1. The molecule has 0 spiro atoms. The second kappa shape index (κ2) is 14.2. The minimum atomic E-state index is -0.662. The number of nitrogens with one attached hydrogen (secondary N) is 4. The highest BCUT2D eigenvalue weighted by atomic mass is 19.1. The maximum atomic E-state index is 14.3. The first-order valence-corrected chi connectivity index (χ1v) is 17.0. The van der Waals surface area contributed by atoms with E-state index in [-0.39, 0.29) is 25.0 Å². The summed E-state index contributed by atoms with van der Waals surface area (Å²) in [6, 6.07) is 13.3. The van der Waals surface area contributed by atoms with Gasteiger partial charge in [-0.1, -0.05) is 0 Å². The van der Waals surface area contributed by atoms with E-state index in [0.29, 0.717) is 41.1 Å². The number of aliphatic hydroxyl groups excluding tert-OH is 1. The second-order valence-corrected chi connectivity index (χ2v) is 13.7. The molecule has 0 unspecified atom stereocenters. The number of hydrogen-bond acceptors (Lipinski definition) is 8. The zero-order valence-corrected chi connectivity index (χ0v) is 28.2. The van der Waals surface area contributed by atoms with Gasteiger partial charge < -0.3 is 30.7 Å². The summed E-state index contributed by atoms with van der Waals surface area (Å²) in [4.78, 5) is 16.3. The van der Waals surface area contributed by atoms with Gasteiger partial charge in [0.2, 0.25) is 0 Å². The highest BCUT2D eigenvalue weighted by molar-refractivity contribution is 6.11. The maximum absolute atomic E-state index is 14.3. The van der Waals surface area contributed by atoms with Gasteiger partial charge in [-0.15, -0.1) is 0 Å². The Morgan fingerprint density at radius 2 is 1.82 bits per heavy atom. The molecule has 5 N–H and O–H groups in total. The van der Waals surface area contributed by atoms with Gasteiger partial charge in [0.1, 0.15) is 11.6 Å². The molecule has 0 bridgehead atoms. The molecule has 13 heteroatoms. The van der Waals surface area contributed by atoms with Crippen molar-refractivity contribution in [2.75, 3.05) is 61.5 Å². The number of nitrogens with zero attached hydrogens (tertiary/aromatic N) is 4. The van der Waals surface area contributed by atoms with Crippen LogP contribution >= 0.6 is 0 Å². The van der Waals surface area contributed by atoms with Crippen LogP contribution in [-0.2, 0) is 16.7 Å². The predicted molar refractivity (Wildman–Crippen MR) is 190 cm³/mol. The lowest BCUT2D eigenvalue weighted by molar-refractivity contribution is 0.0904. The molecular weight excluding hydrogens is 642 g/mol. The number of fused-ring (bicyclic) bond motifs is 1. The molecule has 11 nitrogen and oxygen atoms in total. The lowest BCUT2D eigenvalue weighted by Crippen LogP contribution is -2.43. The molecule has 4 heterocycles. The van der Waals surface area contributed by atoms with E-state index in [0.717, 1.165) is 73.2 Å². The normalized spacial score (nSPS) is 15.8. The van der Waals surface area contributed by atoms with Crippen LogP contribution in [-0.4, -0.2) is 83.0 Å². The van der Waals surface area contributed by atoms with E-state index in [1.807, 2.05) is 44.3 Å². The summed E-state index contributed by atoms with van der Waals surface area (Å²) in [7, 11) is 0. The predicted octanol–water partition coefficient (Wildman–Crippen LogP) is 5.28. The molecule has 0 radical (unpaired) electrons. The summed E-state index contributed by atoms with van der Waals surface area (Å²) in [5.41, 5.74) is 5.07. The summed E-state index contributed by atoms with van der Waals surface area (Å²) in [5.74, 6) is -1.30. The van der Waals surface area contributed by atoms with Crippen LogP contribution < -0.4 is 20.9 Å². The van der Waals surface area contributed by atoms with Crippen LogP contribution in [0.25, 0.3) is 22.0 Å². The zero-order valence-electron chi connectivity index (χ0n) is 28.2. The van der Waals surface area contributed by atoms with Gasteiger partial charge >= 0.3 is 0 Å². The number of piperazine rings is 1. The van der Waals surface area contributed by atoms with Gasteiger partial charge in [0, 0.05) is 80.0 Å². The van der Waals surface area contributed by atoms with E-state index in [1.165, 1.54) is 12.1 Å². The number of H-pyrrole nitrogens is 1. The van der Waals surface area contributed by atoms with E-state index in [1.54, 1.807) is 10.9 Å². The standard InChI is InChI=1S/C37H42F2N8O3/c1-37(2,22-48)47-21-25(20-41-47)31-19-34-32(16-24(31)13-23-14-26(38)17-27(39)15-23)35(45-44-34)43-36(49)30-4-3-29(46-9-7-40-8-10-46)18-33(30)42-28-5-11-50-12-6-28/h3-4,14-21,28,40,42,48H,5-13,22H2,1-2H3,(H2,43,44,45,49). The third kappa shape index (κ3) is 7.21. The fourth-order valence-electron chi connectivity index (χ4n) is 6.62. The molecule has 1 amide bonds. The van der Waals surface area contributed by atoms with Crippen LogP contribution in [0.1, 0.15) is 48.2 Å². The Bertz CT molecular complexity index is 1980. The van der Waals surface area contributed by atoms with Crippen molar-refractivity contribution in [3.63, 3.8) is 0 Å². The number of hydrogen-bond donors (Lipinski definition) is 5. The van der Waals surface area contributed by atoms with Gasteiger partial charge in [-0.2, -0.15) is 10.2 Å². The molecule has 3 aromatic carbocycles. The van der Waals surface area contributed by atoms with E-state index in [2.05, 4.69) is 42.2 Å². The Labute approximate surface area is 289 Å². The second-order valence-electron chi connectivity index (χ2n) is 13.7. The Hall–Kier alpha value is -4.85. The van der Waals surface area contributed by atoms with Gasteiger partial charge in [0.05, 0.1) is 29.4 Å². The molecule has 2 aliphatic heterocycles. The largest absolute Gasteiger partial charge is 0.394 e. The molecule has 7 rings (SSSR count). The minimum Gasteiger partial charge on any atom is -0.394 e. The van der Waals surface area contributed by atoms with Crippen LogP contribution in [0.4, 0.5) is 26.0 Å². The average Bonchev–Trinajstić information content (AvgIpc) is 3.76. The summed E-state index contributed by atoms with van der Waals surface area (Å²) < 4.78 is 35.8. The summed E-state index contributed by atoms with van der Waals surface area (Å²) in [6.07, 6.45) is 5.44. The molecule has 2 aliphatic rings. The van der Waals surface area contributed by atoms with Crippen LogP contribution in [0.5, 0.6) is 0 Å². The number of rotatable bonds is 10. The Morgan fingerprint density at radius 3 is 2.56 bits per heavy atom. The highest BCUT2D eigenvalue weighted by Gasteiger charge is 2.24. The molecule has 50 heavy (non-hydrogen) atoms. The summed E-state index contributed by atoms with van der Waals surface area (Å²) in [6.45, 7) is 8.53. The number of amides is 1. The van der Waals surface area contributed by atoms with Gasteiger partial charge in [0.15, 0.2) is 5.82 Å². The summed E-state index contributed by atoms with van der Waals surface area (Å²) in [5, 5.41) is 32.6. The lowest BCUT2D eigenvalue weighted by atomic mass is 9.94. The third-order valence-electron chi connectivity index (χ3n) is 9.55. The van der Waals surface area contributed by atoms with Crippen LogP contribution in [0, 0.1) is 11.6 Å². The van der Waals surface area contributed by atoms with Crippen molar-refractivity contribution in [1.82, 2.24) is 25.3 Å². The van der Waals surface area contributed by atoms with Crippen molar-refractivity contribution >= 4 is 34.0 Å². The smallest absolute Gasteiger partial charge is 0.258 e. The van der Waals surface area contributed by atoms with Crippen molar-refractivity contribution in [2.24, 2.45) is 0 Å². The van der Waals surface area contributed by atoms with Crippen molar-refractivity contribution in [3.8, 4) is 11.1 Å². The van der Waals surface area contributed by atoms with Crippen molar-refractivity contribution in [3.05, 3.63) is 89.2 Å². The number of ether oxygens (including phenoxy) is 1. The lowest BCUT2D eigenvalue weighted by Gasteiger charge is -2.31. The number of aromatic nitrogens is 4. The van der Waals surface area contributed by atoms with Gasteiger partial charge in [-0.3, -0.25) is 14.6 Å². The van der Waals surface area contributed by atoms with Crippen molar-refractivity contribution < 1.29 is 23.4 Å². The number of carbonyl (C=O) groups is 1. The topological polar surface area (TPSA) is 132 Å². The van der Waals surface area contributed by atoms with Crippen LogP contribution in [0.15, 0.2) is 60.9 Å². The number of anilines is 3. The van der Waals surface area contributed by atoms with E-state index >= 15 is 0 Å². The maximum Gasteiger partial charge on any atom is 0.258 e. The number of carbonyl (C=O) groups excluding carboxylic acids is 1. The number of halogens is 2. The van der Waals surface area contributed by atoms with Crippen molar-refractivity contribution in [2.45, 2.75) is 44.7 Å². The quantitative estimate of drug-likeness (QED) is 0.134. The van der Waals surface area contributed by atoms with Gasteiger partial charge in [0.25, 0.3) is 5.91 Å². The first-order chi connectivity index (χ1) is 24.2. The number of aliphatic hydroxyl groups is 1. The third-order valence-corrected chi connectivity index (χ3v) is 9.55. The first kappa shape index (κ1) is 33.6. The molecule has 262 valence electrons. The molecule has 0 atom stereocenters. The fourth-order valence-corrected chi connectivity index (χ4v) is 6.62. The first-order valence-electron chi connectivity index (χ1n) is 17.0. The molecule has 0 saturated carbocycles. The molecular formula is C37H42F2N8O3. The minimum absolute atomic E-state index is 0.114. The van der Waals surface area contributed by atoms with Gasteiger partial charge in [-0.05, 0) is 92.3 Å². The molecule has 0 aliphatic carbocycles. The molecule has 2 fully saturated rings. The zero-order chi connectivity index (χ0) is 34.8. The van der Waals surface area contributed by atoms with E-state index in [9.17, 15) is 18.7 Å². The SMILES string of the molecule is CC(C)(CO)n1cc(-c2cc3[nH]nc(NC(=O)c4ccc(N5CCNCC5)cc4NC4CCOCC4)c3cc2Cc2cc(F)cc(F)c2)cn1. The van der Waals surface area contributed by atoms with Crippen LogP contribution in [0.3, 0.4) is 0 Å². The van der Waals surface area contributed by atoms with E-state index in [4.69, 9.17) is 4.74 Å². The Morgan fingerprint density at radius 1 is 1.06 bits per heavy atom. The Balaban J connectivity index is 1.24. The molecule has 2 aromatic heterocycles. The van der Waals surface area contributed by atoms with Crippen molar-refractivity contribution in [1.29, 1.82) is 0 Å². The van der Waals surface area contributed by atoms with Crippen LogP contribution in [0.2, 0.25) is 0 Å². The monoisotopic (exact) mass is 684 g/mol.